The lowest BCUT2D eigenvalue weighted by Crippen LogP contribution is -2.54. The molecule has 0 heterocycles. The van der Waals surface area contributed by atoms with E-state index in [4.69, 9.17) is 9.47 Å². The number of nitrogens with one attached hydrogen (secondary N) is 1. The highest BCUT2D eigenvalue weighted by Gasteiger charge is 2.35. The highest BCUT2D eigenvalue weighted by molar-refractivity contribution is 7.92. The fourth-order valence-corrected chi connectivity index (χ4v) is 6.50. The lowest BCUT2D eigenvalue weighted by atomic mass is 10.0. The van der Waals surface area contributed by atoms with Crippen LogP contribution in [-0.2, 0) is 32.6 Å². The summed E-state index contributed by atoms with van der Waals surface area (Å²) in [6.45, 7) is 5.68. The number of sulfonamides is 1. The van der Waals surface area contributed by atoms with E-state index in [1.807, 2.05) is 63.2 Å². The smallest absolute Gasteiger partial charge is 0.264 e. The molecule has 0 radical (unpaired) electrons. The van der Waals surface area contributed by atoms with Gasteiger partial charge in [0.05, 0.1) is 24.3 Å². The molecule has 10 heteroatoms. The Hall–Kier alpha value is -4.83. The van der Waals surface area contributed by atoms with Gasteiger partial charge in [-0.15, -0.1) is 0 Å². The van der Waals surface area contributed by atoms with E-state index in [2.05, 4.69) is 5.32 Å². The van der Waals surface area contributed by atoms with E-state index in [9.17, 15) is 18.0 Å². The Morgan fingerprint density at radius 3 is 2.06 bits per heavy atom. The quantitative estimate of drug-likeness (QED) is 0.162. The second-order valence-electron chi connectivity index (χ2n) is 11.1. The number of carbonyl (C=O) groups excluding carboxylic acids is 2. The van der Waals surface area contributed by atoms with Crippen molar-refractivity contribution in [3.05, 3.63) is 120 Å². The Morgan fingerprint density at radius 1 is 0.809 bits per heavy atom. The first kappa shape index (κ1) is 35.0. The van der Waals surface area contributed by atoms with Gasteiger partial charge in [0.2, 0.25) is 11.8 Å². The molecule has 2 unspecified atom stereocenters. The van der Waals surface area contributed by atoms with Crippen LogP contribution in [0.1, 0.15) is 38.3 Å². The normalized spacial score (nSPS) is 12.4. The van der Waals surface area contributed by atoms with E-state index in [0.29, 0.717) is 30.2 Å². The molecule has 0 aromatic heterocycles. The van der Waals surface area contributed by atoms with Gasteiger partial charge in [0.1, 0.15) is 24.1 Å². The van der Waals surface area contributed by atoms with Crippen molar-refractivity contribution < 1.29 is 27.5 Å². The van der Waals surface area contributed by atoms with Crippen molar-refractivity contribution in [3.63, 3.8) is 0 Å². The molecule has 0 spiro atoms. The number of amides is 2. The summed E-state index contributed by atoms with van der Waals surface area (Å²) in [4.78, 5) is 30.0. The van der Waals surface area contributed by atoms with Crippen LogP contribution in [0.4, 0.5) is 5.69 Å². The molecule has 1 N–H and O–H groups in total. The van der Waals surface area contributed by atoms with Crippen molar-refractivity contribution in [1.82, 2.24) is 10.2 Å². The summed E-state index contributed by atoms with van der Waals surface area (Å²) in [7, 11) is -2.66. The number of anilines is 1. The largest absolute Gasteiger partial charge is 0.497 e. The summed E-state index contributed by atoms with van der Waals surface area (Å²) in [5.41, 5.74) is 1.91. The van der Waals surface area contributed by atoms with E-state index in [1.165, 1.54) is 17.0 Å². The van der Waals surface area contributed by atoms with Crippen molar-refractivity contribution in [2.45, 2.75) is 57.1 Å². The summed E-state index contributed by atoms with van der Waals surface area (Å²) in [5.74, 6) is 0.281. The third-order valence-corrected chi connectivity index (χ3v) is 9.59. The number of hydrogen-bond acceptors (Lipinski definition) is 6. The zero-order valence-corrected chi connectivity index (χ0v) is 28.2. The highest BCUT2D eigenvalue weighted by atomic mass is 32.2. The van der Waals surface area contributed by atoms with Crippen LogP contribution in [0.15, 0.2) is 114 Å². The zero-order chi connectivity index (χ0) is 33.8. The molecule has 2 amide bonds. The molecule has 0 aliphatic carbocycles. The fourth-order valence-electron chi connectivity index (χ4n) is 5.09. The number of carbonyl (C=O) groups is 2. The number of para-hydroxylation sites is 1. The van der Waals surface area contributed by atoms with Crippen LogP contribution in [0.25, 0.3) is 0 Å². The predicted octanol–water partition coefficient (Wildman–Crippen LogP) is 5.84. The van der Waals surface area contributed by atoms with Crippen LogP contribution in [-0.4, -0.2) is 57.5 Å². The lowest BCUT2D eigenvalue weighted by molar-refractivity contribution is -0.140. The van der Waals surface area contributed by atoms with Crippen LogP contribution >= 0.6 is 0 Å². The van der Waals surface area contributed by atoms with Gasteiger partial charge in [0.15, 0.2) is 0 Å². The molecule has 0 saturated heterocycles. The molecule has 47 heavy (non-hydrogen) atoms. The Morgan fingerprint density at radius 2 is 1.45 bits per heavy atom. The number of nitrogens with zero attached hydrogens (tertiary/aromatic N) is 2. The molecular formula is C37H43N3O6S. The zero-order valence-electron chi connectivity index (χ0n) is 27.3. The van der Waals surface area contributed by atoms with Gasteiger partial charge in [-0.25, -0.2) is 8.42 Å². The maximum absolute atomic E-state index is 14.6. The minimum atomic E-state index is -4.22. The first-order valence-electron chi connectivity index (χ1n) is 15.7. The van der Waals surface area contributed by atoms with Gasteiger partial charge in [-0.2, -0.15) is 0 Å². The van der Waals surface area contributed by atoms with Gasteiger partial charge in [-0.1, -0.05) is 67.6 Å². The third kappa shape index (κ3) is 9.36. The number of ether oxygens (including phenoxy) is 2. The van der Waals surface area contributed by atoms with Crippen LogP contribution in [0.3, 0.4) is 0 Å². The van der Waals surface area contributed by atoms with E-state index in [-0.39, 0.29) is 29.8 Å². The number of rotatable bonds is 16. The lowest BCUT2D eigenvalue weighted by Gasteiger charge is -2.34. The molecule has 2 atom stereocenters. The van der Waals surface area contributed by atoms with Crippen LogP contribution in [0, 0.1) is 0 Å². The molecule has 248 valence electrons. The van der Waals surface area contributed by atoms with Crippen LogP contribution in [0.5, 0.6) is 11.5 Å². The van der Waals surface area contributed by atoms with Crippen molar-refractivity contribution in [2.24, 2.45) is 0 Å². The van der Waals surface area contributed by atoms with Gasteiger partial charge in [0.25, 0.3) is 10.0 Å². The Kier molecular flexibility index (Phi) is 12.4. The van der Waals surface area contributed by atoms with Crippen molar-refractivity contribution in [1.29, 1.82) is 0 Å². The Labute approximate surface area is 278 Å². The molecule has 0 saturated carbocycles. The fraction of sp³-hybridized carbons (Fsp3) is 0.297. The average Bonchev–Trinajstić information content (AvgIpc) is 3.09. The molecule has 4 aromatic rings. The molecule has 0 aliphatic heterocycles. The molecule has 0 fully saturated rings. The van der Waals surface area contributed by atoms with Gasteiger partial charge < -0.3 is 19.7 Å². The molecule has 4 aromatic carbocycles. The second-order valence-corrected chi connectivity index (χ2v) is 13.0. The van der Waals surface area contributed by atoms with E-state index < -0.39 is 28.5 Å². The Bertz CT molecular complexity index is 1700. The highest BCUT2D eigenvalue weighted by Crippen LogP contribution is 2.26. The minimum Gasteiger partial charge on any atom is -0.497 e. The van der Waals surface area contributed by atoms with Crippen LogP contribution in [0.2, 0.25) is 0 Å². The maximum atomic E-state index is 14.6. The first-order chi connectivity index (χ1) is 22.7. The standard InChI is InChI=1S/C37H43N3O6S/c1-5-28(3)38-37(42)35(25-29-14-9-7-10-15-29)39(26-30-16-13-19-33(24-30)45-4)36(41)27-40(31-17-11-8-12-18-31)47(43,44)34-22-20-32(21-23-34)46-6-2/h7-24,28,35H,5-6,25-27H2,1-4H3,(H,38,42). The van der Waals surface area contributed by atoms with E-state index in [1.54, 1.807) is 61.7 Å². The van der Waals surface area contributed by atoms with Crippen molar-refractivity contribution in [3.8, 4) is 11.5 Å². The molecule has 0 bridgehead atoms. The molecule has 9 nitrogen and oxygen atoms in total. The van der Waals surface area contributed by atoms with Crippen molar-refractivity contribution in [2.75, 3.05) is 24.6 Å². The molecule has 4 rings (SSSR count). The summed E-state index contributed by atoms with van der Waals surface area (Å²) in [6, 6.07) is 30.3. The number of benzene rings is 4. The Balaban J connectivity index is 1.79. The summed E-state index contributed by atoms with van der Waals surface area (Å²) in [5, 5.41) is 3.05. The van der Waals surface area contributed by atoms with Gasteiger partial charge >= 0.3 is 0 Å². The average molecular weight is 658 g/mol. The maximum Gasteiger partial charge on any atom is 0.264 e. The monoisotopic (exact) mass is 657 g/mol. The predicted molar refractivity (Wildman–Crippen MR) is 184 cm³/mol. The second kappa shape index (κ2) is 16.6. The van der Waals surface area contributed by atoms with Gasteiger partial charge in [-0.05, 0) is 79.9 Å². The number of methoxy groups -OCH3 is 1. The third-order valence-electron chi connectivity index (χ3n) is 7.80. The molecular weight excluding hydrogens is 614 g/mol. The first-order valence-corrected chi connectivity index (χ1v) is 17.2. The van der Waals surface area contributed by atoms with Crippen molar-refractivity contribution >= 4 is 27.5 Å². The summed E-state index contributed by atoms with van der Waals surface area (Å²) >= 11 is 0. The SMILES string of the molecule is CCOc1ccc(S(=O)(=O)N(CC(=O)N(Cc2cccc(OC)c2)C(Cc2ccccc2)C(=O)NC(C)CC)c2ccccc2)cc1. The van der Waals surface area contributed by atoms with E-state index >= 15 is 0 Å². The summed E-state index contributed by atoms with van der Waals surface area (Å²) < 4.78 is 40.4. The molecule has 0 aliphatic rings. The number of hydrogen-bond donors (Lipinski definition) is 1. The minimum absolute atomic E-state index is 0.00676. The van der Waals surface area contributed by atoms with Gasteiger partial charge in [-0.3, -0.25) is 13.9 Å². The topological polar surface area (TPSA) is 105 Å². The van der Waals surface area contributed by atoms with Gasteiger partial charge in [0, 0.05) is 19.0 Å². The van der Waals surface area contributed by atoms with E-state index in [0.717, 1.165) is 15.4 Å². The summed E-state index contributed by atoms with van der Waals surface area (Å²) in [6.07, 6.45) is 0.936. The van der Waals surface area contributed by atoms with Crippen LogP contribution < -0.4 is 19.1 Å².